The Bertz CT molecular complexity index is 1090. The quantitative estimate of drug-likeness (QED) is 0.456. The number of rotatable bonds is 8. The standard InChI is InChI=1S/C24H25N3O2/c1-17-9-11-18(12-10-17)24-27-20(16-29-24)13-14-25-23(28)8-4-5-19-15-26-22-7-3-2-6-21(19)22/h2-3,6-7,9-12,15-16,26H,4-5,8,13-14H2,1H3,(H,25,28). The molecular formula is C24H25N3O2. The van der Waals surface area contributed by atoms with Gasteiger partial charge in [-0.2, -0.15) is 0 Å². The minimum absolute atomic E-state index is 0.0760. The van der Waals surface area contributed by atoms with E-state index in [2.05, 4.69) is 27.4 Å². The van der Waals surface area contributed by atoms with Gasteiger partial charge in [0.2, 0.25) is 11.8 Å². The Hall–Kier alpha value is -3.34. The van der Waals surface area contributed by atoms with E-state index in [1.807, 2.05) is 49.5 Å². The number of amides is 1. The lowest BCUT2D eigenvalue weighted by atomic mass is 10.1. The zero-order valence-corrected chi connectivity index (χ0v) is 16.6. The smallest absolute Gasteiger partial charge is 0.226 e. The highest BCUT2D eigenvalue weighted by Gasteiger charge is 2.08. The van der Waals surface area contributed by atoms with Crippen molar-refractivity contribution in [2.45, 2.75) is 32.6 Å². The monoisotopic (exact) mass is 387 g/mol. The summed E-state index contributed by atoms with van der Waals surface area (Å²) in [6, 6.07) is 16.3. The molecule has 29 heavy (non-hydrogen) atoms. The van der Waals surface area contributed by atoms with Gasteiger partial charge in [-0.25, -0.2) is 4.98 Å². The van der Waals surface area contributed by atoms with Gasteiger partial charge in [-0.3, -0.25) is 4.79 Å². The fourth-order valence-electron chi connectivity index (χ4n) is 3.45. The van der Waals surface area contributed by atoms with Gasteiger partial charge in [0.05, 0.1) is 5.69 Å². The highest BCUT2D eigenvalue weighted by atomic mass is 16.3. The molecule has 5 nitrogen and oxygen atoms in total. The normalized spacial score (nSPS) is 11.1. The van der Waals surface area contributed by atoms with Crippen molar-refractivity contribution < 1.29 is 9.21 Å². The molecule has 0 saturated carbocycles. The Morgan fingerprint density at radius 2 is 1.93 bits per heavy atom. The summed E-state index contributed by atoms with van der Waals surface area (Å²) in [5, 5.41) is 4.22. The molecule has 4 aromatic rings. The van der Waals surface area contributed by atoms with Crippen LogP contribution in [0.3, 0.4) is 0 Å². The molecule has 0 atom stereocenters. The van der Waals surface area contributed by atoms with Crippen LogP contribution in [0.15, 0.2) is 65.4 Å². The second-order valence-corrected chi connectivity index (χ2v) is 7.32. The summed E-state index contributed by atoms with van der Waals surface area (Å²) < 4.78 is 5.56. The number of aromatic nitrogens is 2. The third-order valence-corrected chi connectivity index (χ3v) is 5.08. The first kappa shape index (κ1) is 19.0. The minimum Gasteiger partial charge on any atom is -0.444 e. The van der Waals surface area contributed by atoms with Crippen LogP contribution in [0.5, 0.6) is 0 Å². The van der Waals surface area contributed by atoms with Gasteiger partial charge >= 0.3 is 0 Å². The van der Waals surface area contributed by atoms with E-state index in [0.717, 1.165) is 29.6 Å². The number of hydrogen-bond acceptors (Lipinski definition) is 3. The average molecular weight is 387 g/mol. The topological polar surface area (TPSA) is 70.9 Å². The fraction of sp³-hybridized carbons (Fsp3) is 0.250. The van der Waals surface area contributed by atoms with E-state index in [9.17, 15) is 4.79 Å². The maximum absolute atomic E-state index is 12.1. The first-order valence-electron chi connectivity index (χ1n) is 10.0. The Morgan fingerprint density at radius 1 is 1.10 bits per heavy atom. The number of fused-ring (bicyclic) bond motifs is 1. The number of aromatic amines is 1. The molecular weight excluding hydrogens is 362 g/mol. The molecule has 2 aromatic carbocycles. The van der Waals surface area contributed by atoms with Crippen molar-refractivity contribution in [1.82, 2.24) is 15.3 Å². The number of carbonyl (C=O) groups excluding carboxylic acids is 1. The van der Waals surface area contributed by atoms with Crippen LogP contribution in [0.2, 0.25) is 0 Å². The van der Waals surface area contributed by atoms with E-state index in [1.165, 1.54) is 16.5 Å². The van der Waals surface area contributed by atoms with Crippen molar-refractivity contribution in [3.8, 4) is 11.5 Å². The SMILES string of the molecule is Cc1ccc(-c2nc(CCNC(=O)CCCc3c[nH]c4ccccc34)co2)cc1. The molecule has 4 rings (SSSR count). The van der Waals surface area contributed by atoms with Gasteiger partial charge in [-0.15, -0.1) is 0 Å². The van der Waals surface area contributed by atoms with Gasteiger partial charge in [0.15, 0.2) is 0 Å². The van der Waals surface area contributed by atoms with Gasteiger partial charge in [0, 0.05) is 42.0 Å². The van der Waals surface area contributed by atoms with E-state index in [0.29, 0.717) is 25.3 Å². The molecule has 0 aliphatic rings. The van der Waals surface area contributed by atoms with Gasteiger partial charge in [-0.05, 0) is 43.5 Å². The number of carbonyl (C=O) groups is 1. The van der Waals surface area contributed by atoms with E-state index in [1.54, 1.807) is 6.26 Å². The Morgan fingerprint density at radius 3 is 2.79 bits per heavy atom. The summed E-state index contributed by atoms with van der Waals surface area (Å²) in [4.78, 5) is 19.9. The molecule has 148 valence electrons. The van der Waals surface area contributed by atoms with E-state index < -0.39 is 0 Å². The van der Waals surface area contributed by atoms with Crippen molar-refractivity contribution in [2.75, 3.05) is 6.54 Å². The Balaban J connectivity index is 1.20. The molecule has 5 heteroatoms. The number of aryl methyl sites for hydroxylation is 2. The van der Waals surface area contributed by atoms with Crippen LogP contribution in [0.25, 0.3) is 22.4 Å². The van der Waals surface area contributed by atoms with Crippen LogP contribution < -0.4 is 5.32 Å². The van der Waals surface area contributed by atoms with Crippen molar-refractivity contribution in [1.29, 1.82) is 0 Å². The van der Waals surface area contributed by atoms with Crippen molar-refractivity contribution in [3.63, 3.8) is 0 Å². The van der Waals surface area contributed by atoms with Crippen LogP contribution in [-0.4, -0.2) is 22.4 Å². The number of nitrogens with one attached hydrogen (secondary N) is 2. The first-order valence-corrected chi connectivity index (χ1v) is 10.0. The fourth-order valence-corrected chi connectivity index (χ4v) is 3.45. The van der Waals surface area contributed by atoms with Crippen LogP contribution in [0.4, 0.5) is 0 Å². The molecule has 0 aliphatic carbocycles. The first-order chi connectivity index (χ1) is 14.2. The largest absolute Gasteiger partial charge is 0.444 e. The van der Waals surface area contributed by atoms with Crippen LogP contribution in [0.1, 0.15) is 29.7 Å². The number of hydrogen-bond donors (Lipinski definition) is 2. The third kappa shape index (κ3) is 4.74. The predicted molar refractivity (Wildman–Crippen MR) is 115 cm³/mol. The number of benzene rings is 2. The third-order valence-electron chi connectivity index (χ3n) is 5.08. The maximum Gasteiger partial charge on any atom is 0.226 e. The molecule has 2 aromatic heterocycles. The van der Waals surface area contributed by atoms with Gasteiger partial charge in [0.25, 0.3) is 0 Å². The number of para-hydroxylation sites is 1. The summed E-state index contributed by atoms with van der Waals surface area (Å²) in [6.45, 7) is 2.61. The summed E-state index contributed by atoms with van der Waals surface area (Å²) in [5.74, 6) is 0.692. The molecule has 0 bridgehead atoms. The summed E-state index contributed by atoms with van der Waals surface area (Å²) in [5.41, 5.74) is 5.42. The minimum atomic E-state index is 0.0760. The van der Waals surface area contributed by atoms with Gasteiger partial charge in [-0.1, -0.05) is 35.9 Å². The second-order valence-electron chi connectivity index (χ2n) is 7.32. The molecule has 0 fully saturated rings. The van der Waals surface area contributed by atoms with E-state index >= 15 is 0 Å². The Labute approximate surface area is 170 Å². The van der Waals surface area contributed by atoms with Gasteiger partial charge < -0.3 is 14.7 Å². The molecule has 0 radical (unpaired) electrons. The van der Waals surface area contributed by atoms with Crippen molar-refractivity contribution in [2.24, 2.45) is 0 Å². The van der Waals surface area contributed by atoms with Crippen molar-refractivity contribution >= 4 is 16.8 Å². The summed E-state index contributed by atoms with van der Waals surface area (Å²) in [6.07, 6.45) is 6.60. The van der Waals surface area contributed by atoms with Gasteiger partial charge in [0.1, 0.15) is 6.26 Å². The maximum atomic E-state index is 12.1. The van der Waals surface area contributed by atoms with Crippen LogP contribution in [-0.2, 0) is 17.6 Å². The zero-order valence-electron chi connectivity index (χ0n) is 16.6. The van der Waals surface area contributed by atoms with Crippen molar-refractivity contribution in [3.05, 3.63) is 77.8 Å². The average Bonchev–Trinajstić information content (AvgIpc) is 3.36. The lowest BCUT2D eigenvalue weighted by molar-refractivity contribution is -0.121. The lowest BCUT2D eigenvalue weighted by Gasteiger charge is -2.04. The number of oxazole rings is 1. The number of H-pyrrole nitrogens is 1. The van der Waals surface area contributed by atoms with E-state index in [-0.39, 0.29) is 5.91 Å². The predicted octanol–water partition coefficient (Wildman–Crippen LogP) is 4.81. The number of nitrogens with zero attached hydrogens (tertiary/aromatic N) is 1. The second kappa shape index (κ2) is 8.78. The molecule has 2 heterocycles. The zero-order chi connectivity index (χ0) is 20.1. The summed E-state index contributed by atoms with van der Waals surface area (Å²) in [7, 11) is 0. The molecule has 0 unspecified atom stereocenters. The lowest BCUT2D eigenvalue weighted by Crippen LogP contribution is -2.25. The summed E-state index contributed by atoms with van der Waals surface area (Å²) >= 11 is 0. The highest BCUT2D eigenvalue weighted by molar-refractivity contribution is 5.83. The molecule has 0 aliphatic heterocycles. The molecule has 1 amide bonds. The Kier molecular flexibility index (Phi) is 5.75. The van der Waals surface area contributed by atoms with Crippen LogP contribution in [0, 0.1) is 6.92 Å². The molecule has 0 spiro atoms. The van der Waals surface area contributed by atoms with E-state index in [4.69, 9.17) is 4.42 Å². The van der Waals surface area contributed by atoms with Crippen LogP contribution >= 0.6 is 0 Å². The highest BCUT2D eigenvalue weighted by Crippen LogP contribution is 2.20. The molecule has 0 saturated heterocycles. The molecule has 2 N–H and O–H groups in total.